The van der Waals surface area contributed by atoms with Crippen LogP contribution in [0.1, 0.15) is 5.56 Å². The molecule has 0 bridgehead atoms. The number of esters is 1. The summed E-state index contributed by atoms with van der Waals surface area (Å²) in [6.07, 6.45) is 1.28. The van der Waals surface area contributed by atoms with Gasteiger partial charge in [0.05, 0.1) is 12.9 Å². The van der Waals surface area contributed by atoms with Gasteiger partial charge in [0.25, 0.3) is 0 Å². The Balaban J connectivity index is 2.44. The first-order chi connectivity index (χ1) is 7.24. The van der Waals surface area contributed by atoms with Gasteiger partial charge >= 0.3 is 5.97 Å². The Morgan fingerprint density at radius 2 is 2.07 bits per heavy atom. The molecule has 1 aromatic carbocycles. The molecular weight excluding hydrogens is 196 g/mol. The molecule has 0 saturated heterocycles. The molecule has 80 valence electrons. The van der Waals surface area contributed by atoms with Gasteiger partial charge in [-0.3, -0.25) is 0 Å². The quantitative estimate of drug-likeness (QED) is 0.560. The van der Waals surface area contributed by atoms with Crippen molar-refractivity contribution in [1.29, 1.82) is 0 Å². The molecule has 0 amide bonds. The topological polar surface area (TPSA) is 66.8 Å². The molecule has 1 rings (SSSR count). The lowest BCUT2D eigenvalue weighted by Gasteiger charge is -2.03. The second kappa shape index (κ2) is 5.95. The van der Waals surface area contributed by atoms with Crippen LogP contribution in [0.5, 0.6) is 0 Å². The molecule has 15 heavy (non-hydrogen) atoms. The monoisotopic (exact) mass is 208 g/mol. The average Bonchev–Trinajstić information content (AvgIpc) is 2.29. The van der Waals surface area contributed by atoms with Gasteiger partial charge in [0, 0.05) is 0 Å². The molecule has 4 nitrogen and oxygen atoms in total. The third-order valence-corrected chi connectivity index (χ3v) is 1.69. The van der Waals surface area contributed by atoms with Crippen molar-refractivity contribution in [3.05, 3.63) is 42.2 Å². The minimum Gasteiger partial charge on any atom is -0.432 e. The normalized spacial score (nSPS) is 12.7. The van der Waals surface area contributed by atoms with Gasteiger partial charge in [-0.2, -0.15) is 0 Å². The molecular formula is C11H12O4. The minimum atomic E-state index is -1.48. The SMILES string of the molecule is O=C(OC=Cc1ccccc1)C(O)CO. The van der Waals surface area contributed by atoms with E-state index in [1.165, 1.54) is 6.26 Å². The molecule has 2 N–H and O–H groups in total. The van der Waals surface area contributed by atoms with Crippen molar-refractivity contribution >= 4 is 12.0 Å². The summed E-state index contributed by atoms with van der Waals surface area (Å²) in [6, 6.07) is 9.26. The number of ether oxygens (including phenoxy) is 1. The summed E-state index contributed by atoms with van der Waals surface area (Å²) in [5, 5.41) is 17.3. The summed E-state index contributed by atoms with van der Waals surface area (Å²) >= 11 is 0. The summed E-state index contributed by atoms with van der Waals surface area (Å²) in [5.41, 5.74) is 0.879. The Kier molecular flexibility index (Phi) is 4.53. The Hall–Kier alpha value is -1.65. The van der Waals surface area contributed by atoms with Gasteiger partial charge < -0.3 is 14.9 Å². The molecule has 0 fully saturated rings. The molecule has 0 radical (unpaired) electrons. The third kappa shape index (κ3) is 3.93. The molecule has 1 aromatic rings. The predicted octanol–water partition coefficient (Wildman–Crippen LogP) is 0.554. The molecule has 0 aliphatic rings. The fourth-order valence-corrected chi connectivity index (χ4v) is 0.897. The highest BCUT2D eigenvalue weighted by Crippen LogP contribution is 2.01. The second-order valence-electron chi connectivity index (χ2n) is 2.85. The van der Waals surface area contributed by atoms with Crippen LogP contribution in [-0.4, -0.2) is 28.9 Å². The van der Waals surface area contributed by atoms with Crippen LogP contribution >= 0.6 is 0 Å². The van der Waals surface area contributed by atoms with E-state index >= 15 is 0 Å². The first-order valence-corrected chi connectivity index (χ1v) is 4.45. The summed E-state index contributed by atoms with van der Waals surface area (Å²) in [7, 11) is 0. The van der Waals surface area contributed by atoms with E-state index in [0.717, 1.165) is 5.56 Å². The highest BCUT2D eigenvalue weighted by atomic mass is 16.5. The van der Waals surface area contributed by atoms with Crippen molar-refractivity contribution in [2.24, 2.45) is 0 Å². The van der Waals surface area contributed by atoms with Crippen LogP contribution < -0.4 is 0 Å². The van der Waals surface area contributed by atoms with E-state index in [2.05, 4.69) is 4.74 Å². The Labute approximate surface area is 87.4 Å². The number of carbonyl (C=O) groups is 1. The Morgan fingerprint density at radius 1 is 1.40 bits per heavy atom. The first-order valence-electron chi connectivity index (χ1n) is 4.45. The van der Waals surface area contributed by atoms with Crippen LogP contribution in [0.2, 0.25) is 0 Å². The maximum absolute atomic E-state index is 10.9. The average molecular weight is 208 g/mol. The number of hydrogen-bond donors (Lipinski definition) is 2. The summed E-state index contributed by atoms with van der Waals surface area (Å²) in [4.78, 5) is 10.9. The van der Waals surface area contributed by atoms with Gasteiger partial charge in [-0.25, -0.2) is 4.79 Å². The van der Waals surface area contributed by atoms with Gasteiger partial charge in [0.15, 0.2) is 6.10 Å². The smallest absolute Gasteiger partial charge is 0.342 e. The maximum atomic E-state index is 10.9. The summed E-state index contributed by atoms with van der Waals surface area (Å²) < 4.78 is 4.57. The van der Waals surface area contributed by atoms with Gasteiger partial charge in [0.2, 0.25) is 0 Å². The zero-order valence-electron chi connectivity index (χ0n) is 8.04. The lowest BCUT2D eigenvalue weighted by molar-refractivity contribution is -0.149. The predicted molar refractivity (Wildman–Crippen MR) is 54.7 cm³/mol. The van der Waals surface area contributed by atoms with Gasteiger partial charge in [-0.1, -0.05) is 30.3 Å². The van der Waals surface area contributed by atoms with Crippen LogP contribution in [0.3, 0.4) is 0 Å². The Bertz CT molecular complexity index is 332. The molecule has 0 heterocycles. The number of rotatable bonds is 4. The molecule has 0 aliphatic heterocycles. The van der Waals surface area contributed by atoms with Crippen LogP contribution in [0.25, 0.3) is 6.08 Å². The molecule has 0 aromatic heterocycles. The van der Waals surface area contributed by atoms with Gasteiger partial charge in [-0.15, -0.1) is 0 Å². The van der Waals surface area contributed by atoms with E-state index in [1.807, 2.05) is 30.3 Å². The van der Waals surface area contributed by atoms with Crippen LogP contribution in [0, 0.1) is 0 Å². The van der Waals surface area contributed by atoms with E-state index in [9.17, 15) is 4.79 Å². The van der Waals surface area contributed by atoms with Crippen molar-refractivity contribution in [2.75, 3.05) is 6.61 Å². The van der Waals surface area contributed by atoms with Crippen LogP contribution in [0.4, 0.5) is 0 Å². The van der Waals surface area contributed by atoms with Gasteiger partial charge in [-0.05, 0) is 11.6 Å². The van der Waals surface area contributed by atoms with E-state index in [-0.39, 0.29) is 0 Å². The van der Waals surface area contributed by atoms with Crippen LogP contribution in [0.15, 0.2) is 36.6 Å². The fourth-order valence-electron chi connectivity index (χ4n) is 0.897. The molecule has 0 aliphatic carbocycles. The number of carbonyl (C=O) groups excluding carboxylic acids is 1. The van der Waals surface area contributed by atoms with Gasteiger partial charge in [0.1, 0.15) is 0 Å². The Morgan fingerprint density at radius 3 is 2.67 bits per heavy atom. The number of hydrogen-bond acceptors (Lipinski definition) is 4. The number of aliphatic hydroxyl groups is 2. The van der Waals surface area contributed by atoms with Crippen molar-refractivity contribution in [3.63, 3.8) is 0 Å². The summed E-state index contributed by atoms with van der Waals surface area (Å²) in [5.74, 6) is -0.871. The zero-order valence-corrected chi connectivity index (χ0v) is 8.04. The molecule has 0 spiro atoms. The molecule has 0 saturated carbocycles. The number of aliphatic hydroxyl groups excluding tert-OH is 2. The van der Waals surface area contributed by atoms with E-state index < -0.39 is 18.7 Å². The van der Waals surface area contributed by atoms with Crippen molar-refractivity contribution in [2.45, 2.75) is 6.10 Å². The lowest BCUT2D eigenvalue weighted by Crippen LogP contribution is -2.24. The molecule has 1 unspecified atom stereocenters. The van der Waals surface area contributed by atoms with E-state index in [4.69, 9.17) is 10.2 Å². The first kappa shape index (κ1) is 11.4. The van der Waals surface area contributed by atoms with Crippen LogP contribution in [-0.2, 0) is 9.53 Å². The fraction of sp³-hybridized carbons (Fsp3) is 0.182. The standard InChI is InChI=1S/C11H12O4/c12-8-10(13)11(14)15-7-6-9-4-2-1-3-5-9/h1-7,10,12-13H,8H2. The largest absolute Gasteiger partial charge is 0.432 e. The zero-order chi connectivity index (χ0) is 11.1. The highest BCUT2D eigenvalue weighted by Gasteiger charge is 2.13. The van der Waals surface area contributed by atoms with E-state index in [0.29, 0.717) is 0 Å². The minimum absolute atomic E-state index is 0.641. The van der Waals surface area contributed by atoms with Crippen molar-refractivity contribution in [3.8, 4) is 0 Å². The number of benzene rings is 1. The highest BCUT2D eigenvalue weighted by molar-refractivity contribution is 5.75. The van der Waals surface area contributed by atoms with Crippen molar-refractivity contribution < 1.29 is 19.7 Å². The third-order valence-electron chi connectivity index (χ3n) is 1.69. The second-order valence-corrected chi connectivity index (χ2v) is 2.85. The molecule has 1 atom stereocenters. The summed E-state index contributed by atoms with van der Waals surface area (Å²) in [6.45, 7) is -0.641. The maximum Gasteiger partial charge on any atom is 0.342 e. The molecule has 4 heteroatoms. The van der Waals surface area contributed by atoms with Crippen molar-refractivity contribution in [1.82, 2.24) is 0 Å². The van der Waals surface area contributed by atoms with E-state index in [1.54, 1.807) is 6.08 Å². The lowest BCUT2D eigenvalue weighted by atomic mass is 10.2.